The number of anilines is 1. The van der Waals surface area contributed by atoms with Crippen molar-refractivity contribution in [3.8, 4) is 11.5 Å². The first-order valence-electron chi connectivity index (χ1n) is 7.83. The fraction of sp³-hybridized carbons (Fsp3) is 0.211. The van der Waals surface area contributed by atoms with E-state index < -0.39 is 11.9 Å². The molecule has 0 aliphatic carbocycles. The second-order valence-corrected chi connectivity index (χ2v) is 5.65. The number of hydrogen-bond donors (Lipinski definition) is 0. The van der Waals surface area contributed by atoms with Gasteiger partial charge in [0.2, 0.25) is 5.91 Å². The Bertz CT molecular complexity index is 817. The number of carbonyl (C=O) groups excluding carboxylic acids is 3. The first kappa shape index (κ1) is 16.7. The van der Waals surface area contributed by atoms with E-state index in [1.807, 2.05) is 6.07 Å². The van der Waals surface area contributed by atoms with Crippen LogP contribution in [0.2, 0.25) is 0 Å². The van der Waals surface area contributed by atoms with Gasteiger partial charge in [-0.3, -0.25) is 14.4 Å². The Labute approximate surface area is 145 Å². The molecule has 6 nitrogen and oxygen atoms in total. The third-order valence-electron chi connectivity index (χ3n) is 4.09. The van der Waals surface area contributed by atoms with E-state index in [1.54, 1.807) is 42.5 Å². The number of aldehydes is 1. The third-order valence-corrected chi connectivity index (χ3v) is 4.09. The number of hydrogen-bond acceptors (Lipinski definition) is 5. The van der Waals surface area contributed by atoms with Crippen molar-refractivity contribution in [2.45, 2.75) is 6.42 Å². The molecule has 1 amide bonds. The van der Waals surface area contributed by atoms with Gasteiger partial charge in [-0.2, -0.15) is 0 Å². The molecule has 128 valence electrons. The zero-order chi connectivity index (χ0) is 17.8. The number of ether oxygens (including phenoxy) is 2. The lowest BCUT2D eigenvalue weighted by Gasteiger charge is -2.19. The van der Waals surface area contributed by atoms with Gasteiger partial charge in [-0.15, -0.1) is 0 Å². The average molecular weight is 339 g/mol. The van der Waals surface area contributed by atoms with Crippen molar-refractivity contribution in [1.29, 1.82) is 0 Å². The highest BCUT2D eigenvalue weighted by Gasteiger charge is 2.37. The fourth-order valence-corrected chi connectivity index (χ4v) is 2.81. The van der Waals surface area contributed by atoms with Crippen LogP contribution in [-0.2, 0) is 9.59 Å². The molecule has 3 rings (SSSR count). The van der Waals surface area contributed by atoms with Gasteiger partial charge in [-0.1, -0.05) is 24.3 Å². The van der Waals surface area contributed by atoms with Crippen LogP contribution >= 0.6 is 0 Å². The molecule has 0 bridgehead atoms. The van der Waals surface area contributed by atoms with Crippen LogP contribution in [0.1, 0.15) is 16.8 Å². The van der Waals surface area contributed by atoms with E-state index in [0.717, 1.165) is 0 Å². The summed E-state index contributed by atoms with van der Waals surface area (Å²) in [4.78, 5) is 37.3. The number of benzene rings is 2. The number of esters is 1. The number of rotatable bonds is 5. The van der Waals surface area contributed by atoms with Crippen LogP contribution in [-0.4, -0.2) is 31.8 Å². The lowest BCUT2D eigenvalue weighted by atomic mass is 10.1. The Balaban J connectivity index is 1.76. The van der Waals surface area contributed by atoms with Crippen LogP contribution in [0, 0.1) is 5.92 Å². The van der Waals surface area contributed by atoms with Gasteiger partial charge < -0.3 is 14.4 Å². The van der Waals surface area contributed by atoms with Crippen LogP contribution in [0.15, 0.2) is 48.5 Å². The van der Waals surface area contributed by atoms with Crippen molar-refractivity contribution in [3.05, 3.63) is 54.1 Å². The normalized spacial score (nSPS) is 16.6. The van der Waals surface area contributed by atoms with Gasteiger partial charge in [0.1, 0.15) is 11.5 Å². The van der Waals surface area contributed by atoms with E-state index in [1.165, 1.54) is 12.0 Å². The van der Waals surface area contributed by atoms with E-state index in [9.17, 15) is 14.4 Å². The minimum Gasteiger partial charge on any atom is -0.495 e. The zero-order valence-corrected chi connectivity index (χ0v) is 13.7. The highest BCUT2D eigenvalue weighted by Crippen LogP contribution is 2.33. The minimum absolute atomic E-state index is 0.0557. The first-order valence-corrected chi connectivity index (χ1v) is 7.83. The fourth-order valence-electron chi connectivity index (χ4n) is 2.81. The number of nitrogens with zero attached hydrogens (tertiary/aromatic N) is 1. The maximum Gasteiger partial charge on any atom is 0.316 e. The lowest BCUT2D eigenvalue weighted by Crippen LogP contribution is -2.27. The van der Waals surface area contributed by atoms with Crippen LogP contribution in [0.4, 0.5) is 5.69 Å². The molecule has 1 saturated heterocycles. The highest BCUT2D eigenvalue weighted by atomic mass is 16.5. The summed E-state index contributed by atoms with van der Waals surface area (Å²) in [5.41, 5.74) is 0.917. The van der Waals surface area contributed by atoms with Crippen LogP contribution in [0.3, 0.4) is 0 Å². The molecule has 1 atom stereocenters. The maximum absolute atomic E-state index is 12.4. The average Bonchev–Trinajstić information content (AvgIpc) is 3.03. The molecule has 1 aliphatic rings. The summed E-state index contributed by atoms with van der Waals surface area (Å²) in [6.45, 7) is 0.210. The molecule has 0 spiro atoms. The summed E-state index contributed by atoms with van der Waals surface area (Å²) in [6, 6.07) is 13.6. The van der Waals surface area contributed by atoms with Crippen LogP contribution in [0.25, 0.3) is 0 Å². The minimum atomic E-state index is -0.600. The summed E-state index contributed by atoms with van der Waals surface area (Å²) in [5, 5.41) is 0. The smallest absolute Gasteiger partial charge is 0.316 e. The van der Waals surface area contributed by atoms with Gasteiger partial charge in [0.05, 0.1) is 24.3 Å². The second-order valence-electron chi connectivity index (χ2n) is 5.65. The van der Waals surface area contributed by atoms with Crippen molar-refractivity contribution in [2.75, 3.05) is 18.6 Å². The lowest BCUT2D eigenvalue weighted by molar-refractivity contribution is -0.139. The van der Waals surface area contributed by atoms with E-state index in [2.05, 4.69) is 0 Å². The summed E-state index contributed by atoms with van der Waals surface area (Å²) < 4.78 is 10.6. The summed E-state index contributed by atoms with van der Waals surface area (Å²) in [7, 11) is 1.53. The Morgan fingerprint density at radius 3 is 2.52 bits per heavy atom. The van der Waals surface area contributed by atoms with Gasteiger partial charge in [-0.05, 0) is 24.3 Å². The summed E-state index contributed by atoms with van der Waals surface area (Å²) in [6.07, 6.45) is 0.684. The largest absolute Gasteiger partial charge is 0.495 e. The monoisotopic (exact) mass is 339 g/mol. The molecule has 2 aromatic rings. The van der Waals surface area contributed by atoms with Gasteiger partial charge in [0.15, 0.2) is 6.29 Å². The van der Waals surface area contributed by atoms with Crippen LogP contribution in [0.5, 0.6) is 11.5 Å². The molecule has 1 aliphatic heterocycles. The van der Waals surface area contributed by atoms with Gasteiger partial charge >= 0.3 is 5.97 Å². The van der Waals surface area contributed by atoms with Gasteiger partial charge in [-0.25, -0.2) is 0 Å². The molecule has 0 aromatic heterocycles. The number of carbonyl (C=O) groups is 3. The van der Waals surface area contributed by atoms with Crippen molar-refractivity contribution in [3.63, 3.8) is 0 Å². The zero-order valence-electron chi connectivity index (χ0n) is 13.7. The first-order chi connectivity index (χ1) is 12.1. The second kappa shape index (κ2) is 7.17. The Morgan fingerprint density at radius 1 is 1.12 bits per heavy atom. The molecule has 1 fully saturated rings. The summed E-state index contributed by atoms with van der Waals surface area (Å²) in [5.74, 6) is -0.533. The molecular formula is C19H17NO5. The van der Waals surface area contributed by atoms with Gasteiger partial charge in [0.25, 0.3) is 0 Å². The Kier molecular flexibility index (Phi) is 4.79. The number of amides is 1. The van der Waals surface area contributed by atoms with Crippen molar-refractivity contribution in [2.24, 2.45) is 5.92 Å². The van der Waals surface area contributed by atoms with E-state index >= 15 is 0 Å². The molecule has 0 saturated carbocycles. The van der Waals surface area contributed by atoms with E-state index in [-0.39, 0.29) is 24.6 Å². The molecule has 0 N–H and O–H groups in total. The molecule has 25 heavy (non-hydrogen) atoms. The van der Waals surface area contributed by atoms with Crippen molar-refractivity contribution < 1.29 is 23.9 Å². The summed E-state index contributed by atoms with van der Waals surface area (Å²) >= 11 is 0. The number of para-hydroxylation sites is 3. The SMILES string of the molecule is COc1ccccc1N1C[C@H](C(=O)Oc2ccccc2C=O)CC1=O. The predicted molar refractivity (Wildman–Crippen MR) is 90.9 cm³/mol. The molecule has 0 radical (unpaired) electrons. The molecule has 1 heterocycles. The molecule has 2 aromatic carbocycles. The van der Waals surface area contributed by atoms with E-state index in [0.29, 0.717) is 23.3 Å². The van der Waals surface area contributed by atoms with Crippen molar-refractivity contribution >= 4 is 23.9 Å². The standard InChI is InChI=1S/C19H17NO5/c1-24-17-9-5-3-7-15(17)20-11-14(10-18(20)22)19(23)25-16-8-4-2-6-13(16)12-21/h2-9,12,14H,10-11H2,1H3/t14-/m1/s1. The topological polar surface area (TPSA) is 72.9 Å². The highest BCUT2D eigenvalue weighted by molar-refractivity contribution is 6.00. The maximum atomic E-state index is 12.4. The molecular weight excluding hydrogens is 322 g/mol. The molecule has 0 unspecified atom stereocenters. The number of methoxy groups -OCH3 is 1. The molecule has 6 heteroatoms. The Morgan fingerprint density at radius 2 is 1.80 bits per heavy atom. The van der Waals surface area contributed by atoms with E-state index in [4.69, 9.17) is 9.47 Å². The quantitative estimate of drug-likeness (QED) is 0.475. The van der Waals surface area contributed by atoms with Gasteiger partial charge in [0, 0.05) is 13.0 Å². The Hall–Kier alpha value is -3.15. The predicted octanol–water partition coefficient (Wildman–Crippen LogP) is 2.47. The van der Waals surface area contributed by atoms with Crippen LogP contribution < -0.4 is 14.4 Å². The van der Waals surface area contributed by atoms with Crippen molar-refractivity contribution in [1.82, 2.24) is 0 Å². The third kappa shape index (κ3) is 3.38.